The zero-order valence-corrected chi connectivity index (χ0v) is 20.2. The molecule has 2 aliphatic rings. The minimum atomic E-state index is -1.02. The summed E-state index contributed by atoms with van der Waals surface area (Å²) in [5.41, 5.74) is 2.07. The van der Waals surface area contributed by atoms with Crippen molar-refractivity contribution >= 4 is 23.2 Å². The third-order valence-electron chi connectivity index (χ3n) is 6.33. The summed E-state index contributed by atoms with van der Waals surface area (Å²) < 4.78 is 30.0. The van der Waals surface area contributed by atoms with Crippen LogP contribution in [-0.2, 0) is 4.79 Å². The molecule has 0 saturated heterocycles. The van der Waals surface area contributed by atoms with E-state index in [1.165, 1.54) is 6.20 Å². The lowest BCUT2D eigenvalue weighted by molar-refractivity contribution is -0.129. The van der Waals surface area contributed by atoms with Crippen molar-refractivity contribution in [3.63, 3.8) is 0 Å². The fourth-order valence-corrected chi connectivity index (χ4v) is 3.95. The molecule has 3 heterocycles. The topological polar surface area (TPSA) is 132 Å². The molecule has 0 unspecified atom stereocenters. The number of hydrogen-bond acceptors (Lipinski definition) is 8. The number of halogens is 1. The van der Waals surface area contributed by atoms with Crippen molar-refractivity contribution in [2.45, 2.75) is 44.9 Å². The Labute approximate surface area is 210 Å². The number of oxazole rings is 1. The normalized spacial score (nSPS) is 19.5. The molecule has 37 heavy (non-hydrogen) atoms. The van der Waals surface area contributed by atoms with Crippen molar-refractivity contribution in [1.29, 1.82) is 0 Å². The Balaban J connectivity index is 1.20. The average Bonchev–Trinajstić information content (AvgIpc) is 3.26. The SMILES string of the molecule is Cc1ccc(-c2noc([C@H]3C[C@@H]3F)n2)cc1NC(=O)c1cnc(-c2ccc3c(c2)OC(C)(C)C(=O)N3)o1. The lowest BCUT2D eigenvalue weighted by Gasteiger charge is -2.31. The smallest absolute Gasteiger partial charge is 0.293 e. The van der Waals surface area contributed by atoms with Crippen molar-refractivity contribution in [2.75, 3.05) is 10.6 Å². The summed E-state index contributed by atoms with van der Waals surface area (Å²) in [4.78, 5) is 33.6. The molecular weight excluding hydrogens is 481 g/mol. The largest absolute Gasteiger partial charge is 0.476 e. The number of carbonyl (C=O) groups is 2. The molecule has 0 bridgehead atoms. The van der Waals surface area contributed by atoms with Crippen LogP contribution in [0.5, 0.6) is 5.75 Å². The van der Waals surface area contributed by atoms with Gasteiger partial charge in [-0.25, -0.2) is 9.37 Å². The number of aryl methyl sites for hydroxylation is 1. The standard InChI is InChI=1S/C26H22FN5O5/c1-12-4-5-13(21-31-24(37-32-21)15-10-16(15)27)8-18(12)29-22(33)20-11-28-23(35-20)14-6-7-17-19(9-14)36-26(2,3)25(34)30-17/h4-9,11,15-16H,10H2,1-3H3,(H,29,33)(H,30,34)/t15-,16-/m0/s1. The molecular formula is C26H22FN5O5. The van der Waals surface area contributed by atoms with Crippen molar-refractivity contribution in [3.05, 3.63) is 59.8 Å². The maximum Gasteiger partial charge on any atom is 0.293 e. The molecule has 1 aliphatic carbocycles. The summed E-state index contributed by atoms with van der Waals surface area (Å²) in [7, 11) is 0. The summed E-state index contributed by atoms with van der Waals surface area (Å²) in [5.74, 6) is 0.248. The molecule has 1 aliphatic heterocycles. The molecule has 2 aromatic heterocycles. The number of anilines is 2. The zero-order chi connectivity index (χ0) is 25.9. The monoisotopic (exact) mass is 503 g/mol. The summed E-state index contributed by atoms with van der Waals surface area (Å²) in [6, 6.07) is 10.4. The van der Waals surface area contributed by atoms with Crippen LogP contribution in [0.3, 0.4) is 0 Å². The molecule has 11 heteroatoms. The van der Waals surface area contributed by atoms with E-state index in [0.717, 1.165) is 5.56 Å². The van der Waals surface area contributed by atoms with Gasteiger partial charge in [-0.1, -0.05) is 17.3 Å². The first-order valence-electron chi connectivity index (χ1n) is 11.7. The lowest BCUT2D eigenvalue weighted by Crippen LogP contribution is -2.45. The number of carbonyl (C=O) groups excluding carboxylic acids is 2. The van der Waals surface area contributed by atoms with E-state index in [1.54, 1.807) is 44.2 Å². The van der Waals surface area contributed by atoms with Crippen LogP contribution in [0.1, 0.15) is 48.2 Å². The quantitative estimate of drug-likeness (QED) is 0.394. The third-order valence-corrected chi connectivity index (χ3v) is 6.33. The van der Waals surface area contributed by atoms with E-state index in [9.17, 15) is 14.0 Å². The van der Waals surface area contributed by atoms with Gasteiger partial charge in [-0.3, -0.25) is 9.59 Å². The minimum Gasteiger partial charge on any atom is -0.476 e. The van der Waals surface area contributed by atoms with E-state index >= 15 is 0 Å². The molecule has 1 saturated carbocycles. The third kappa shape index (κ3) is 4.22. The first-order chi connectivity index (χ1) is 17.7. The Morgan fingerprint density at radius 2 is 1.97 bits per heavy atom. The molecule has 0 radical (unpaired) electrons. The highest BCUT2D eigenvalue weighted by Crippen LogP contribution is 2.43. The first kappa shape index (κ1) is 22.9. The van der Waals surface area contributed by atoms with Gasteiger partial charge in [0, 0.05) is 16.8 Å². The maximum atomic E-state index is 13.3. The second-order valence-corrected chi connectivity index (χ2v) is 9.61. The van der Waals surface area contributed by atoms with Crippen molar-refractivity contribution in [1.82, 2.24) is 15.1 Å². The second kappa shape index (κ2) is 8.26. The van der Waals surface area contributed by atoms with Crippen LogP contribution in [0.4, 0.5) is 15.8 Å². The molecule has 10 nitrogen and oxygen atoms in total. The number of nitrogens with one attached hydrogen (secondary N) is 2. The number of fused-ring (bicyclic) bond motifs is 1. The Kier molecular flexibility index (Phi) is 5.11. The molecule has 2 aromatic carbocycles. The first-order valence-corrected chi connectivity index (χ1v) is 11.7. The van der Waals surface area contributed by atoms with Gasteiger partial charge in [0.15, 0.2) is 5.60 Å². The average molecular weight is 503 g/mol. The van der Waals surface area contributed by atoms with E-state index < -0.39 is 17.7 Å². The van der Waals surface area contributed by atoms with Gasteiger partial charge in [0.2, 0.25) is 23.4 Å². The molecule has 2 N–H and O–H groups in total. The number of nitrogens with zero attached hydrogens (tertiary/aromatic N) is 3. The fraction of sp³-hybridized carbons (Fsp3) is 0.269. The number of rotatable bonds is 5. The fourth-order valence-electron chi connectivity index (χ4n) is 3.95. The second-order valence-electron chi connectivity index (χ2n) is 9.61. The summed E-state index contributed by atoms with van der Waals surface area (Å²) in [5, 5.41) is 9.57. The summed E-state index contributed by atoms with van der Waals surface area (Å²) in [6.07, 6.45) is 0.794. The van der Waals surface area contributed by atoms with Gasteiger partial charge in [-0.05, 0) is 57.0 Å². The molecule has 1 fully saturated rings. The van der Waals surface area contributed by atoms with E-state index in [-0.39, 0.29) is 29.4 Å². The number of benzene rings is 2. The number of amides is 2. The molecule has 4 aromatic rings. The van der Waals surface area contributed by atoms with E-state index in [4.69, 9.17) is 13.7 Å². The highest BCUT2D eigenvalue weighted by molar-refractivity contribution is 6.03. The van der Waals surface area contributed by atoms with Gasteiger partial charge in [-0.15, -0.1) is 0 Å². The van der Waals surface area contributed by atoms with E-state index in [0.29, 0.717) is 40.5 Å². The number of hydrogen-bond donors (Lipinski definition) is 2. The van der Waals surface area contributed by atoms with E-state index in [1.807, 2.05) is 13.0 Å². The maximum absolute atomic E-state index is 13.3. The molecule has 188 valence electrons. The number of ether oxygens (including phenoxy) is 1. The number of aromatic nitrogens is 3. The zero-order valence-electron chi connectivity index (χ0n) is 20.2. The Morgan fingerprint density at radius 1 is 1.19 bits per heavy atom. The van der Waals surface area contributed by atoms with Gasteiger partial charge < -0.3 is 24.3 Å². The van der Waals surface area contributed by atoms with Crippen LogP contribution in [0.2, 0.25) is 0 Å². The van der Waals surface area contributed by atoms with Crippen LogP contribution >= 0.6 is 0 Å². The Morgan fingerprint density at radius 3 is 2.76 bits per heavy atom. The van der Waals surface area contributed by atoms with Crippen LogP contribution in [0.15, 0.2) is 51.5 Å². The van der Waals surface area contributed by atoms with Crippen LogP contribution < -0.4 is 15.4 Å². The lowest BCUT2D eigenvalue weighted by atomic mass is 10.1. The highest BCUT2D eigenvalue weighted by Gasteiger charge is 2.43. The molecule has 0 spiro atoms. The van der Waals surface area contributed by atoms with Gasteiger partial charge >= 0.3 is 0 Å². The predicted molar refractivity (Wildman–Crippen MR) is 130 cm³/mol. The Bertz CT molecular complexity index is 1560. The predicted octanol–water partition coefficient (Wildman–Crippen LogP) is 4.89. The molecule has 6 rings (SSSR count). The molecule has 2 amide bonds. The van der Waals surface area contributed by atoms with Gasteiger partial charge in [-0.2, -0.15) is 4.98 Å². The van der Waals surface area contributed by atoms with Crippen molar-refractivity contribution < 1.29 is 27.7 Å². The highest BCUT2D eigenvalue weighted by atomic mass is 19.1. The van der Waals surface area contributed by atoms with Crippen LogP contribution in [0.25, 0.3) is 22.8 Å². The van der Waals surface area contributed by atoms with Gasteiger partial charge in [0.1, 0.15) is 11.9 Å². The van der Waals surface area contributed by atoms with E-state index in [2.05, 4.69) is 25.8 Å². The van der Waals surface area contributed by atoms with Crippen molar-refractivity contribution in [3.8, 4) is 28.6 Å². The van der Waals surface area contributed by atoms with Crippen LogP contribution in [0, 0.1) is 6.92 Å². The summed E-state index contributed by atoms with van der Waals surface area (Å²) in [6.45, 7) is 5.19. The number of alkyl halides is 1. The van der Waals surface area contributed by atoms with Gasteiger partial charge in [0.25, 0.3) is 11.8 Å². The Hall–Kier alpha value is -4.54. The minimum absolute atomic E-state index is 0.0108. The summed E-state index contributed by atoms with van der Waals surface area (Å²) >= 11 is 0. The van der Waals surface area contributed by atoms with Gasteiger partial charge in [0.05, 0.1) is 17.8 Å². The van der Waals surface area contributed by atoms with Crippen LogP contribution in [-0.4, -0.2) is 38.7 Å². The molecule has 2 atom stereocenters. The van der Waals surface area contributed by atoms with Crippen molar-refractivity contribution in [2.24, 2.45) is 0 Å².